The van der Waals surface area contributed by atoms with Gasteiger partial charge in [-0.3, -0.25) is 9.35 Å². The predicted molar refractivity (Wildman–Crippen MR) is 95.1 cm³/mol. The van der Waals surface area contributed by atoms with Crippen molar-refractivity contribution in [3.63, 3.8) is 0 Å². The van der Waals surface area contributed by atoms with E-state index in [9.17, 15) is 13.2 Å². The maximum atomic E-state index is 11.0. The zero-order valence-electron chi connectivity index (χ0n) is 13.9. The SMILES string of the molecule is CCCCCCCCCCCCCCCC(=O)OS(=O)(=O)O.[NaH]. The molecule has 0 amide bonds. The Morgan fingerprint density at radius 2 is 1.13 bits per heavy atom. The number of hydrogen-bond acceptors (Lipinski definition) is 4. The third-order valence-electron chi connectivity index (χ3n) is 3.68. The van der Waals surface area contributed by atoms with Gasteiger partial charge in [0.15, 0.2) is 0 Å². The fourth-order valence-corrected chi connectivity index (χ4v) is 2.76. The van der Waals surface area contributed by atoms with Crippen molar-refractivity contribution >= 4 is 45.9 Å². The van der Waals surface area contributed by atoms with Crippen LogP contribution >= 0.6 is 0 Å². The van der Waals surface area contributed by atoms with Gasteiger partial charge in [0.2, 0.25) is 0 Å². The second-order valence-corrected chi connectivity index (χ2v) is 6.90. The summed E-state index contributed by atoms with van der Waals surface area (Å²) in [6.45, 7) is 2.23. The fourth-order valence-electron chi connectivity index (χ4n) is 2.45. The Morgan fingerprint density at radius 3 is 1.48 bits per heavy atom. The second-order valence-electron chi connectivity index (χ2n) is 5.88. The summed E-state index contributed by atoms with van der Waals surface area (Å²) in [5.41, 5.74) is 0. The van der Waals surface area contributed by atoms with Gasteiger partial charge < -0.3 is 4.18 Å². The van der Waals surface area contributed by atoms with Crippen molar-refractivity contribution in [2.24, 2.45) is 0 Å². The third kappa shape index (κ3) is 22.4. The minimum atomic E-state index is -4.64. The van der Waals surface area contributed by atoms with Gasteiger partial charge in [-0.05, 0) is 6.42 Å². The summed E-state index contributed by atoms with van der Waals surface area (Å²) < 4.78 is 32.7. The van der Waals surface area contributed by atoms with Gasteiger partial charge in [-0.2, -0.15) is 8.42 Å². The van der Waals surface area contributed by atoms with E-state index in [4.69, 9.17) is 4.55 Å². The molecule has 0 aliphatic rings. The summed E-state index contributed by atoms with van der Waals surface area (Å²) in [6, 6.07) is 0. The summed E-state index contributed by atoms with van der Waals surface area (Å²) in [6.07, 6.45) is 15.6. The molecule has 0 fully saturated rings. The Hall–Kier alpha value is 0.380. The van der Waals surface area contributed by atoms with Gasteiger partial charge in [0.05, 0.1) is 0 Å². The van der Waals surface area contributed by atoms with Crippen LogP contribution < -0.4 is 0 Å². The van der Waals surface area contributed by atoms with Crippen molar-refractivity contribution in [2.75, 3.05) is 0 Å². The van der Waals surface area contributed by atoms with Crippen LogP contribution in [0.25, 0.3) is 0 Å². The molecule has 23 heavy (non-hydrogen) atoms. The van der Waals surface area contributed by atoms with E-state index in [0.29, 0.717) is 6.42 Å². The topological polar surface area (TPSA) is 80.7 Å². The first-order valence-electron chi connectivity index (χ1n) is 8.65. The molecule has 7 heteroatoms. The second kappa shape index (κ2) is 17.2. The number of carbonyl (C=O) groups is 1. The number of unbranched alkanes of at least 4 members (excludes halogenated alkanes) is 12. The van der Waals surface area contributed by atoms with Crippen LogP contribution in [0.1, 0.15) is 96.8 Å². The monoisotopic (exact) mass is 360 g/mol. The van der Waals surface area contributed by atoms with Gasteiger partial charge in [-0.25, -0.2) is 0 Å². The van der Waals surface area contributed by atoms with Crippen molar-refractivity contribution in [3.8, 4) is 0 Å². The molecule has 0 spiro atoms. The first-order chi connectivity index (χ1) is 10.5. The van der Waals surface area contributed by atoms with Crippen LogP contribution in [0.5, 0.6) is 0 Å². The first-order valence-corrected chi connectivity index (χ1v) is 10.0. The Morgan fingerprint density at radius 1 is 0.783 bits per heavy atom. The molecule has 1 N–H and O–H groups in total. The van der Waals surface area contributed by atoms with Crippen molar-refractivity contribution < 1.29 is 21.9 Å². The Balaban J connectivity index is 0. The zero-order valence-corrected chi connectivity index (χ0v) is 14.7. The Kier molecular flexibility index (Phi) is 19.2. The molecule has 0 saturated heterocycles. The molecule has 0 aliphatic carbocycles. The molecule has 0 rings (SSSR count). The molecule has 0 heterocycles. The molecular formula is C16H33NaO5S. The molecule has 0 aliphatic heterocycles. The van der Waals surface area contributed by atoms with Crippen LogP contribution in [0.4, 0.5) is 0 Å². The molecule has 0 aromatic heterocycles. The summed E-state index contributed by atoms with van der Waals surface area (Å²) >= 11 is 0. The molecular weight excluding hydrogens is 327 g/mol. The van der Waals surface area contributed by atoms with E-state index < -0.39 is 16.4 Å². The standard InChI is InChI=1S/C16H32O5S.Na.H/c1-2-3-4-5-6-7-8-9-10-11-12-13-14-15-16(17)21-22(18,19)20;;/h2-15H2,1H3,(H,18,19,20);;. The van der Waals surface area contributed by atoms with E-state index in [2.05, 4.69) is 11.1 Å². The van der Waals surface area contributed by atoms with Gasteiger partial charge >= 0.3 is 45.9 Å². The Labute approximate surface area is 164 Å². The van der Waals surface area contributed by atoms with Crippen LogP contribution in [-0.2, 0) is 19.4 Å². The van der Waals surface area contributed by atoms with Gasteiger partial charge in [0.25, 0.3) is 0 Å². The summed E-state index contributed by atoms with van der Waals surface area (Å²) in [5, 5.41) is 0. The van der Waals surface area contributed by atoms with E-state index in [0.717, 1.165) is 19.3 Å². The quantitative estimate of drug-likeness (QED) is 0.269. The van der Waals surface area contributed by atoms with E-state index in [1.54, 1.807) is 0 Å². The van der Waals surface area contributed by atoms with Crippen LogP contribution in [0, 0.1) is 0 Å². The molecule has 0 bridgehead atoms. The average Bonchev–Trinajstić information content (AvgIpc) is 2.42. The number of carbonyl (C=O) groups excluding carboxylic acids is 1. The van der Waals surface area contributed by atoms with E-state index in [1.807, 2.05) is 0 Å². The molecule has 0 aromatic carbocycles. The molecule has 0 aromatic rings. The average molecular weight is 360 g/mol. The summed E-state index contributed by atoms with van der Waals surface area (Å²) in [7, 11) is -4.64. The van der Waals surface area contributed by atoms with E-state index in [1.165, 1.54) is 57.8 Å². The van der Waals surface area contributed by atoms with Gasteiger partial charge in [-0.1, -0.05) is 84.0 Å². The van der Waals surface area contributed by atoms with Crippen LogP contribution in [0.15, 0.2) is 0 Å². The first kappa shape index (κ1) is 25.6. The van der Waals surface area contributed by atoms with Crippen LogP contribution in [0.3, 0.4) is 0 Å². The van der Waals surface area contributed by atoms with Gasteiger partial charge in [0.1, 0.15) is 0 Å². The molecule has 0 saturated carbocycles. The predicted octanol–water partition coefficient (Wildman–Crippen LogP) is 4.17. The van der Waals surface area contributed by atoms with Crippen molar-refractivity contribution in [3.05, 3.63) is 0 Å². The van der Waals surface area contributed by atoms with Crippen LogP contribution in [-0.4, -0.2) is 48.5 Å². The third-order valence-corrected chi connectivity index (χ3v) is 4.08. The normalized spacial score (nSPS) is 11.0. The van der Waals surface area contributed by atoms with E-state index in [-0.39, 0.29) is 36.0 Å². The molecule has 134 valence electrons. The number of rotatable bonds is 15. The van der Waals surface area contributed by atoms with Gasteiger partial charge in [-0.15, -0.1) is 0 Å². The summed E-state index contributed by atoms with van der Waals surface area (Å²) in [5.74, 6) is -0.884. The van der Waals surface area contributed by atoms with Crippen LogP contribution in [0.2, 0.25) is 0 Å². The Bertz CT molecular complexity index is 371. The zero-order chi connectivity index (χ0) is 16.7. The minimum absolute atomic E-state index is 0. The maximum absolute atomic E-state index is 11.0. The summed E-state index contributed by atoms with van der Waals surface area (Å²) in [4.78, 5) is 11.0. The fraction of sp³-hybridized carbons (Fsp3) is 0.938. The van der Waals surface area contributed by atoms with Crippen molar-refractivity contribution in [2.45, 2.75) is 96.8 Å². The number of hydrogen-bond donors (Lipinski definition) is 1. The molecule has 0 atom stereocenters. The van der Waals surface area contributed by atoms with E-state index >= 15 is 0 Å². The van der Waals surface area contributed by atoms with Crippen molar-refractivity contribution in [1.82, 2.24) is 0 Å². The molecule has 0 radical (unpaired) electrons. The van der Waals surface area contributed by atoms with Gasteiger partial charge in [0, 0.05) is 6.42 Å². The molecule has 0 unspecified atom stereocenters. The molecule has 5 nitrogen and oxygen atoms in total. The van der Waals surface area contributed by atoms with Crippen molar-refractivity contribution in [1.29, 1.82) is 0 Å².